The Balaban J connectivity index is 2.81. The lowest BCUT2D eigenvalue weighted by atomic mass is 9.89. The molecule has 0 bridgehead atoms. The van der Waals surface area contributed by atoms with Gasteiger partial charge in [-0.25, -0.2) is 0 Å². The van der Waals surface area contributed by atoms with Crippen molar-refractivity contribution in [3.8, 4) is 0 Å². The van der Waals surface area contributed by atoms with E-state index in [1.807, 2.05) is 0 Å². The predicted octanol–water partition coefficient (Wildman–Crippen LogP) is 3.48. The van der Waals surface area contributed by atoms with E-state index in [1.54, 1.807) is 0 Å². The van der Waals surface area contributed by atoms with Crippen molar-refractivity contribution in [1.82, 2.24) is 4.57 Å². The van der Waals surface area contributed by atoms with E-state index in [1.165, 1.54) is 16.5 Å². The molecular formula is C13H17N. The van der Waals surface area contributed by atoms with Crippen molar-refractivity contribution in [3.63, 3.8) is 0 Å². The molecule has 1 heteroatoms. The normalized spacial score (nSPS) is 12.3. The molecule has 2 aromatic rings. The summed E-state index contributed by atoms with van der Waals surface area (Å²) in [5, 5.41) is 2.71. The molecule has 1 heterocycles. The minimum Gasteiger partial charge on any atom is -0.353 e. The number of benzene rings is 1. The molecule has 0 aliphatic carbocycles. The molecule has 0 aliphatic rings. The summed E-state index contributed by atoms with van der Waals surface area (Å²) in [7, 11) is 2.13. The van der Waals surface area contributed by atoms with E-state index < -0.39 is 0 Å². The van der Waals surface area contributed by atoms with Gasteiger partial charge in [-0.1, -0.05) is 45.0 Å². The molecule has 0 saturated carbocycles. The molecule has 0 amide bonds. The highest BCUT2D eigenvalue weighted by molar-refractivity contribution is 5.86. The van der Waals surface area contributed by atoms with Gasteiger partial charge >= 0.3 is 0 Å². The fourth-order valence-corrected chi connectivity index (χ4v) is 2.22. The zero-order chi connectivity index (χ0) is 10.3. The van der Waals surface area contributed by atoms with E-state index in [0.717, 1.165) is 0 Å². The van der Waals surface area contributed by atoms with Crippen molar-refractivity contribution >= 4 is 10.8 Å². The van der Waals surface area contributed by atoms with Gasteiger partial charge in [0.25, 0.3) is 0 Å². The number of aromatic nitrogens is 1. The minimum absolute atomic E-state index is 0.206. The van der Waals surface area contributed by atoms with E-state index in [2.05, 4.69) is 62.8 Å². The zero-order valence-corrected chi connectivity index (χ0v) is 9.33. The van der Waals surface area contributed by atoms with Gasteiger partial charge in [0.15, 0.2) is 0 Å². The third kappa shape index (κ3) is 1.33. The molecule has 0 spiro atoms. The average Bonchev–Trinajstić information content (AvgIpc) is 2.38. The van der Waals surface area contributed by atoms with Crippen molar-refractivity contribution < 1.29 is 0 Å². The summed E-state index contributed by atoms with van der Waals surface area (Å²) in [5.74, 6) is 0. The Morgan fingerprint density at radius 2 is 1.71 bits per heavy atom. The lowest BCUT2D eigenvalue weighted by Gasteiger charge is -2.20. The second-order valence-corrected chi connectivity index (χ2v) is 4.93. The summed E-state index contributed by atoms with van der Waals surface area (Å²) in [6, 6.07) is 8.58. The summed E-state index contributed by atoms with van der Waals surface area (Å²) < 4.78 is 2.24. The van der Waals surface area contributed by atoms with Gasteiger partial charge < -0.3 is 4.57 Å². The summed E-state index contributed by atoms with van der Waals surface area (Å²) in [4.78, 5) is 0. The molecule has 0 saturated heterocycles. The summed E-state index contributed by atoms with van der Waals surface area (Å²) >= 11 is 0. The van der Waals surface area contributed by atoms with Crippen LogP contribution in [0, 0.1) is 0 Å². The standard InChI is InChI=1S/C13H17N/c1-13(2,3)12-11-8-6-5-7-10(11)9-14(12)4/h5-9H,1-4H3. The first kappa shape index (κ1) is 9.32. The maximum atomic E-state index is 2.26. The first-order valence-corrected chi connectivity index (χ1v) is 5.05. The van der Waals surface area contributed by atoms with Crippen LogP contribution in [0.1, 0.15) is 26.5 Å². The minimum atomic E-state index is 0.206. The lowest BCUT2D eigenvalue weighted by Crippen LogP contribution is -2.15. The molecule has 1 aromatic carbocycles. The Morgan fingerprint density at radius 1 is 1.07 bits per heavy atom. The molecule has 0 N–H and O–H groups in total. The Hall–Kier alpha value is -1.24. The van der Waals surface area contributed by atoms with Gasteiger partial charge in [0.1, 0.15) is 0 Å². The molecular weight excluding hydrogens is 170 g/mol. The van der Waals surface area contributed by atoms with Crippen molar-refractivity contribution in [3.05, 3.63) is 36.2 Å². The SMILES string of the molecule is Cn1cc2ccccc2c1C(C)(C)C. The maximum absolute atomic E-state index is 2.26. The topological polar surface area (TPSA) is 4.93 Å². The van der Waals surface area contributed by atoms with E-state index in [0.29, 0.717) is 0 Å². The highest BCUT2D eigenvalue weighted by atomic mass is 14.9. The summed E-state index contributed by atoms with van der Waals surface area (Å²) in [6.07, 6.45) is 2.20. The van der Waals surface area contributed by atoms with Gasteiger partial charge in [0.2, 0.25) is 0 Å². The molecule has 0 fully saturated rings. The van der Waals surface area contributed by atoms with Crippen LogP contribution in [0.2, 0.25) is 0 Å². The van der Waals surface area contributed by atoms with Gasteiger partial charge in [-0.3, -0.25) is 0 Å². The largest absolute Gasteiger partial charge is 0.353 e. The number of fused-ring (bicyclic) bond motifs is 1. The van der Waals surface area contributed by atoms with Crippen molar-refractivity contribution in [2.75, 3.05) is 0 Å². The monoisotopic (exact) mass is 187 g/mol. The van der Waals surface area contributed by atoms with Crippen molar-refractivity contribution in [2.45, 2.75) is 26.2 Å². The van der Waals surface area contributed by atoms with Crippen molar-refractivity contribution in [1.29, 1.82) is 0 Å². The van der Waals surface area contributed by atoms with Crippen LogP contribution in [0.5, 0.6) is 0 Å². The lowest BCUT2D eigenvalue weighted by molar-refractivity contribution is 0.548. The van der Waals surface area contributed by atoms with Crippen LogP contribution in [-0.4, -0.2) is 4.57 Å². The Kier molecular flexibility index (Phi) is 1.91. The number of hydrogen-bond donors (Lipinski definition) is 0. The highest BCUT2D eigenvalue weighted by Gasteiger charge is 2.20. The number of aryl methyl sites for hydroxylation is 1. The van der Waals surface area contributed by atoms with Crippen LogP contribution < -0.4 is 0 Å². The Bertz CT molecular complexity index is 458. The third-order valence-electron chi connectivity index (χ3n) is 2.61. The first-order valence-electron chi connectivity index (χ1n) is 5.05. The number of nitrogens with zero attached hydrogens (tertiary/aromatic N) is 1. The Morgan fingerprint density at radius 3 is 2.36 bits per heavy atom. The van der Waals surface area contributed by atoms with E-state index >= 15 is 0 Å². The maximum Gasteiger partial charge on any atom is 0.0305 e. The fraction of sp³-hybridized carbons (Fsp3) is 0.385. The van der Waals surface area contributed by atoms with Crippen molar-refractivity contribution in [2.24, 2.45) is 7.05 Å². The molecule has 74 valence electrons. The van der Waals surface area contributed by atoms with Gasteiger partial charge in [-0.2, -0.15) is 0 Å². The zero-order valence-electron chi connectivity index (χ0n) is 9.33. The van der Waals surface area contributed by atoms with Crippen LogP contribution in [0.25, 0.3) is 10.8 Å². The van der Waals surface area contributed by atoms with Crippen LogP contribution in [0.15, 0.2) is 30.5 Å². The van der Waals surface area contributed by atoms with Gasteiger partial charge in [-0.05, 0) is 5.39 Å². The summed E-state index contributed by atoms with van der Waals surface area (Å²) in [6.45, 7) is 6.78. The van der Waals surface area contributed by atoms with Gasteiger partial charge in [0.05, 0.1) is 0 Å². The van der Waals surface area contributed by atoms with E-state index in [-0.39, 0.29) is 5.41 Å². The molecule has 1 aromatic heterocycles. The molecule has 0 atom stereocenters. The summed E-state index contributed by atoms with van der Waals surface area (Å²) in [5.41, 5.74) is 1.62. The number of rotatable bonds is 0. The van der Waals surface area contributed by atoms with Crippen LogP contribution in [0.3, 0.4) is 0 Å². The van der Waals surface area contributed by atoms with Gasteiger partial charge in [-0.15, -0.1) is 0 Å². The molecule has 1 nitrogen and oxygen atoms in total. The second-order valence-electron chi connectivity index (χ2n) is 4.93. The predicted molar refractivity (Wildman–Crippen MR) is 61.6 cm³/mol. The molecule has 0 unspecified atom stereocenters. The van der Waals surface area contributed by atoms with E-state index in [9.17, 15) is 0 Å². The quantitative estimate of drug-likeness (QED) is 0.595. The smallest absolute Gasteiger partial charge is 0.0305 e. The van der Waals surface area contributed by atoms with Crippen LogP contribution in [-0.2, 0) is 12.5 Å². The van der Waals surface area contributed by atoms with Crippen LogP contribution in [0.4, 0.5) is 0 Å². The molecule has 0 radical (unpaired) electrons. The third-order valence-corrected chi connectivity index (χ3v) is 2.61. The van der Waals surface area contributed by atoms with Gasteiger partial charge in [0, 0.05) is 29.7 Å². The Labute approximate surface area is 85.4 Å². The van der Waals surface area contributed by atoms with Crippen LogP contribution >= 0.6 is 0 Å². The average molecular weight is 187 g/mol. The van der Waals surface area contributed by atoms with E-state index in [4.69, 9.17) is 0 Å². The molecule has 14 heavy (non-hydrogen) atoms. The highest BCUT2D eigenvalue weighted by Crippen LogP contribution is 2.30. The fourth-order valence-electron chi connectivity index (χ4n) is 2.22. The molecule has 0 aliphatic heterocycles. The molecule has 2 rings (SSSR count). The number of hydrogen-bond acceptors (Lipinski definition) is 0. The second kappa shape index (κ2) is 2.88. The first-order chi connectivity index (χ1) is 6.50.